The van der Waals surface area contributed by atoms with Crippen molar-refractivity contribution in [2.24, 2.45) is 11.8 Å². The summed E-state index contributed by atoms with van der Waals surface area (Å²) in [6, 6.07) is 27.5. The van der Waals surface area contributed by atoms with Crippen LogP contribution in [0.1, 0.15) is 29.5 Å². The minimum atomic E-state index is -0.354. The first kappa shape index (κ1) is 28.1. The van der Waals surface area contributed by atoms with Gasteiger partial charge in [-0.2, -0.15) is 0 Å². The summed E-state index contributed by atoms with van der Waals surface area (Å²) in [6.45, 7) is 5.42. The summed E-state index contributed by atoms with van der Waals surface area (Å²) < 4.78 is 17.3. The Morgan fingerprint density at radius 2 is 1.68 bits per heavy atom. The quantitative estimate of drug-likeness (QED) is 0.222. The third-order valence-electron chi connectivity index (χ3n) is 7.50. The molecule has 7 heteroatoms. The summed E-state index contributed by atoms with van der Waals surface area (Å²) in [5.74, 6) is 1.57. The van der Waals surface area contributed by atoms with Crippen LogP contribution in [0.15, 0.2) is 89.3 Å². The molecule has 1 fully saturated rings. The number of esters is 1. The molecule has 1 aliphatic heterocycles. The Morgan fingerprint density at radius 3 is 2.44 bits per heavy atom. The van der Waals surface area contributed by atoms with Gasteiger partial charge in [-0.25, -0.2) is 4.98 Å². The number of carbonyl (C=O) groups excluding carboxylic acids is 2. The van der Waals surface area contributed by atoms with Gasteiger partial charge in [0.15, 0.2) is 0 Å². The number of likely N-dealkylation sites (tertiary alicyclic amines) is 1. The molecule has 0 unspecified atom stereocenters. The highest BCUT2D eigenvalue weighted by Crippen LogP contribution is 2.30. The predicted molar refractivity (Wildman–Crippen MR) is 156 cm³/mol. The molecule has 0 N–H and O–H groups in total. The lowest BCUT2D eigenvalue weighted by molar-refractivity contribution is -0.148. The van der Waals surface area contributed by atoms with Crippen molar-refractivity contribution in [2.45, 2.75) is 33.1 Å². The zero-order valence-electron chi connectivity index (χ0n) is 23.6. The average molecular weight is 553 g/mol. The molecule has 3 aromatic carbocycles. The van der Waals surface area contributed by atoms with Gasteiger partial charge in [-0.3, -0.25) is 9.59 Å². The second-order valence-corrected chi connectivity index (χ2v) is 10.4. The van der Waals surface area contributed by atoms with E-state index in [1.165, 1.54) is 0 Å². The van der Waals surface area contributed by atoms with Crippen molar-refractivity contribution in [3.63, 3.8) is 0 Å². The lowest BCUT2D eigenvalue weighted by Gasteiger charge is -2.17. The third kappa shape index (κ3) is 7.23. The van der Waals surface area contributed by atoms with Crippen LogP contribution in [-0.2, 0) is 33.6 Å². The fraction of sp³-hybridized carbons (Fsp3) is 0.324. The number of aromatic nitrogens is 1. The van der Waals surface area contributed by atoms with Crippen LogP contribution in [-0.4, -0.2) is 48.1 Å². The Labute approximate surface area is 241 Å². The van der Waals surface area contributed by atoms with Crippen LogP contribution >= 0.6 is 0 Å². The highest BCUT2D eigenvalue weighted by molar-refractivity contribution is 5.81. The number of nitrogens with zero attached hydrogens (tertiary/aromatic N) is 2. The highest BCUT2D eigenvalue weighted by atomic mass is 16.5. The van der Waals surface area contributed by atoms with Crippen molar-refractivity contribution in [1.82, 2.24) is 9.88 Å². The molecule has 212 valence electrons. The van der Waals surface area contributed by atoms with Gasteiger partial charge < -0.3 is 18.8 Å². The summed E-state index contributed by atoms with van der Waals surface area (Å²) in [7, 11) is 0. The van der Waals surface area contributed by atoms with Gasteiger partial charge in [-0.05, 0) is 61.6 Å². The van der Waals surface area contributed by atoms with Crippen molar-refractivity contribution < 1.29 is 23.5 Å². The number of oxazole rings is 1. The Kier molecular flexibility index (Phi) is 9.14. The van der Waals surface area contributed by atoms with Crippen LogP contribution in [0.5, 0.6) is 5.75 Å². The molecule has 5 rings (SSSR count). The molecule has 7 nitrogen and oxygen atoms in total. The standard InChI is InChI=1S/C34H36N2O5/c1-3-39-34(38)30-23-36(32(37)21-25-11-6-4-7-12-25)22-28(30)19-26-13-10-16-29(20-26)40-18-17-31-24(2)41-33(35-31)27-14-8-5-9-15-27/h4-16,20,28,30H,3,17-19,21-23H2,1-2H3/t28-,30+/m1/s1. The third-order valence-corrected chi connectivity index (χ3v) is 7.50. The Balaban J connectivity index is 1.20. The summed E-state index contributed by atoms with van der Waals surface area (Å²) in [5, 5.41) is 0. The number of amides is 1. The van der Waals surface area contributed by atoms with E-state index in [1.54, 1.807) is 0 Å². The molecule has 0 aliphatic carbocycles. The fourth-order valence-corrected chi connectivity index (χ4v) is 5.38. The maximum absolute atomic E-state index is 13.1. The Morgan fingerprint density at radius 1 is 0.951 bits per heavy atom. The summed E-state index contributed by atoms with van der Waals surface area (Å²) in [6.07, 6.45) is 1.60. The first-order valence-electron chi connectivity index (χ1n) is 14.2. The molecule has 1 saturated heterocycles. The normalized spacial score (nSPS) is 16.5. The van der Waals surface area contributed by atoms with Crippen LogP contribution < -0.4 is 4.74 Å². The topological polar surface area (TPSA) is 81.9 Å². The smallest absolute Gasteiger partial charge is 0.311 e. The second kappa shape index (κ2) is 13.3. The first-order valence-corrected chi connectivity index (χ1v) is 14.2. The van der Waals surface area contributed by atoms with E-state index in [0.29, 0.717) is 51.5 Å². The maximum Gasteiger partial charge on any atom is 0.311 e. The Hall–Kier alpha value is -4.39. The molecule has 1 amide bonds. The van der Waals surface area contributed by atoms with Crippen LogP contribution in [0.4, 0.5) is 0 Å². The van der Waals surface area contributed by atoms with Crippen molar-refractivity contribution in [3.05, 3.63) is 108 Å². The average Bonchev–Trinajstić information content (AvgIpc) is 3.58. The minimum Gasteiger partial charge on any atom is -0.493 e. The zero-order chi connectivity index (χ0) is 28.6. The van der Waals surface area contributed by atoms with E-state index in [-0.39, 0.29) is 23.7 Å². The van der Waals surface area contributed by atoms with Gasteiger partial charge in [0.05, 0.1) is 31.2 Å². The van der Waals surface area contributed by atoms with Crippen molar-refractivity contribution >= 4 is 11.9 Å². The number of carbonyl (C=O) groups is 2. The van der Waals surface area contributed by atoms with Gasteiger partial charge in [0.2, 0.25) is 11.8 Å². The molecule has 0 saturated carbocycles. The van der Waals surface area contributed by atoms with Crippen LogP contribution in [0.25, 0.3) is 11.5 Å². The lowest BCUT2D eigenvalue weighted by Crippen LogP contribution is -2.31. The zero-order valence-corrected chi connectivity index (χ0v) is 23.6. The number of rotatable bonds is 11. The molecule has 0 radical (unpaired) electrons. The molecule has 1 aromatic heterocycles. The molecule has 41 heavy (non-hydrogen) atoms. The van der Waals surface area contributed by atoms with E-state index in [4.69, 9.17) is 13.9 Å². The van der Waals surface area contributed by atoms with Gasteiger partial charge >= 0.3 is 5.97 Å². The second-order valence-electron chi connectivity index (χ2n) is 10.4. The summed E-state index contributed by atoms with van der Waals surface area (Å²) in [4.78, 5) is 32.4. The van der Waals surface area contributed by atoms with Gasteiger partial charge in [-0.15, -0.1) is 0 Å². The number of aryl methyl sites for hydroxylation is 1. The minimum absolute atomic E-state index is 0.0294. The highest BCUT2D eigenvalue weighted by Gasteiger charge is 2.40. The van der Waals surface area contributed by atoms with Gasteiger partial charge in [-0.1, -0.05) is 60.7 Å². The maximum atomic E-state index is 13.1. The van der Waals surface area contributed by atoms with E-state index >= 15 is 0 Å². The molecule has 2 heterocycles. The summed E-state index contributed by atoms with van der Waals surface area (Å²) >= 11 is 0. The molecular formula is C34H36N2O5. The molecule has 2 atom stereocenters. The van der Waals surface area contributed by atoms with Crippen molar-refractivity contribution in [1.29, 1.82) is 0 Å². The monoisotopic (exact) mass is 552 g/mol. The van der Waals surface area contributed by atoms with E-state index in [9.17, 15) is 9.59 Å². The van der Waals surface area contributed by atoms with Gasteiger partial charge in [0.1, 0.15) is 11.5 Å². The van der Waals surface area contributed by atoms with Gasteiger partial charge in [0.25, 0.3) is 0 Å². The van der Waals surface area contributed by atoms with Crippen LogP contribution in [0.2, 0.25) is 0 Å². The SMILES string of the molecule is CCOC(=O)[C@H]1CN(C(=O)Cc2ccccc2)C[C@H]1Cc1cccc(OCCc2nc(-c3ccccc3)oc2C)c1. The van der Waals surface area contributed by atoms with Crippen molar-refractivity contribution in [2.75, 3.05) is 26.3 Å². The van der Waals surface area contributed by atoms with Crippen molar-refractivity contribution in [3.8, 4) is 17.2 Å². The van der Waals surface area contributed by atoms with E-state index < -0.39 is 0 Å². The molecule has 4 aromatic rings. The Bertz CT molecular complexity index is 1450. The fourth-order valence-electron chi connectivity index (χ4n) is 5.38. The molecule has 0 bridgehead atoms. The number of hydrogen-bond donors (Lipinski definition) is 0. The van der Waals surface area contributed by atoms with E-state index in [0.717, 1.165) is 33.9 Å². The van der Waals surface area contributed by atoms with E-state index in [2.05, 4.69) is 4.98 Å². The first-order chi connectivity index (χ1) is 20.0. The molecule has 0 spiro atoms. The van der Waals surface area contributed by atoms with Crippen LogP contribution in [0.3, 0.4) is 0 Å². The predicted octanol–water partition coefficient (Wildman–Crippen LogP) is 5.69. The number of ether oxygens (including phenoxy) is 2. The number of benzene rings is 3. The van der Waals surface area contributed by atoms with Crippen LogP contribution in [0, 0.1) is 18.8 Å². The van der Waals surface area contributed by atoms with Gasteiger partial charge in [0, 0.05) is 25.1 Å². The molecule has 1 aliphatic rings. The summed E-state index contributed by atoms with van der Waals surface area (Å²) in [5.41, 5.74) is 3.85. The number of hydrogen-bond acceptors (Lipinski definition) is 6. The van der Waals surface area contributed by atoms with E-state index in [1.807, 2.05) is 104 Å². The largest absolute Gasteiger partial charge is 0.493 e. The lowest BCUT2D eigenvalue weighted by atomic mass is 9.89. The molecular weight excluding hydrogens is 516 g/mol.